The molecule has 0 spiro atoms. The van der Waals surface area contributed by atoms with Crippen LogP contribution in [0.3, 0.4) is 0 Å². The predicted octanol–water partition coefficient (Wildman–Crippen LogP) is 5.68. The highest BCUT2D eigenvalue weighted by Gasteiger charge is 2.38. The molecule has 1 aliphatic rings. The molecule has 0 atom stereocenters. The molecule has 0 amide bonds. The summed E-state index contributed by atoms with van der Waals surface area (Å²) in [5.41, 5.74) is 4.97. The number of alkyl halides is 3. The van der Waals surface area contributed by atoms with Crippen LogP contribution in [0.15, 0.2) is 30.3 Å². The summed E-state index contributed by atoms with van der Waals surface area (Å²) in [6.45, 7) is 0. The van der Waals surface area contributed by atoms with Gasteiger partial charge in [0.05, 0.1) is 30.6 Å². The van der Waals surface area contributed by atoms with Gasteiger partial charge in [0.1, 0.15) is 0 Å². The minimum Gasteiger partial charge on any atom is -0.493 e. The van der Waals surface area contributed by atoms with Gasteiger partial charge in [0.2, 0.25) is 0 Å². The molecule has 170 valence electrons. The topological polar surface area (TPSA) is 96.5 Å². The fourth-order valence-corrected chi connectivity index (χ4v) is 3.41. The smallest absolute Gasteiger partial charge is 0.490 e. The summed E-state index contributed by atoms with van der Waals surface area (Å²) in [5.74, 6) is -0.622. The molecule has 0 bridgehead atoms. The first-order valence-electron chi connectivity index (χ1n) is 8.89. The van der Waals surface area contributed by atoms with Gasteiger partial charge in [0.15, 0.2) is 17.3 Å². The predicted molar refractivity (Wildman–Crippen MR) is 113 cm³/mol. The van der Waals surface area contributed by atoms with E-state index in [1.807, 2.05) is 12.1 Å². The van der Waals surface area contributed by atoms with Crippen molar-refractivity contribution in [3.8, 4) is 22.8 Å². The van der Waals surface area contributed by atoms with Crippen LogP contribution in [0.2, 0.25) is 10.0 Å². The molecular formula is C20H16Cl2F3N3O4. The third-order valence-corrected chi connectivity index (χ3v) is 5.10. The Hall–Kier alpha value is -3.11. The van der Waals surface area contributed by atoms with Crippen LogP contribution in [-0.4, -0.2) is 41.7 Å². The van der Waals surface area contributed by atoms with E-state index in [1.54, 1.807) is 32.4 Å². The summed E-state index contributed by atoms with van der Waals surface area (Å²) in [6, 6.07) is 9.24. The number of carboxylic acid groups (broad SMARTS) is 1. The number of ether oxygens (including phenoxy) is 2. The number of nitrogens with zero attached hydrogens (tertiary/aromatic N) is 1. The Balaban J connectivity index is 0.000000360. The van der Waals surface area contributed by atoms with Gasteiger partial charge in [0.25, 0.3) is 0 Å². The number of aliphatic carboxylic acids is 1. The van der Waals surface area contributed by atoms with Crippen molar-refractivity contribution in [1.82, 2.24) is 10.2 Å². The number of methoxy groups -OCH3 is 2. The third kappa shape index (κ3) is 4.86. The van der Waals surface area contributed by atoms with Crippen molar-refractivity contribution in [2.45, 2.75) is 12.6 Å². The number of carboxylic acids is 1. The number of H-pyrrole nitrogens is 1. The first-order valence-corrected chi connectivity index (χ1v) is 9.65. The highest BCUT2D eigenvalue weighted by molar-refractivity contribution is 6.35. The number of aromatic nitrogens is 2. The number of benzene rings is 2. The lowest BCUT2D eigenvalue weighted by atomic mass is 10.1. The van der Waals surface area contributed by atoms with E-state index in [0.717, 1.165) is 40.3 Å². The number of fused-ring (bicyclic) bond motifs is 3. The Labute approximate surface area is 190 Å². The Morgan fingerprint density at radius 3 is 2.38 bits per heavy atom. The first kappa shape index (κ1) is 23.6. The normalized spacial score (nSPS) is 11.7. The number of aromatic amines is 1. The molecule has 2 aromatic carbocycles. The van der Waals surface area contributed by atoms with Crippen LogP contribution in [0.25, 0.3) is 11.3 Å². The van der Waals surface area contributed by atoms with Crippen LogP contribution >= 0.6 is 23.2 Å². The van der Waals surface area contributed by atoms with Crippen molar-refractivity contribution in [3.05, 3.63) is 51.5 Å². The zero-order valence-corrected chi connectivity index (χ0v) is 18.1. The first-order chi connectivity index (χ1) is 15.0. The highest BCUT2D eigenvalue weighted by Crippen LogP contribution is 2.44. The zero-order chi connectivity index (χ0) is 23.6. The average Bonchev–Trinajstić information content (AvgIpc) is 3.28. The molecule has 7 nitrogen and oxygen atoms in total. The van der Waals surface area contributed by atoms with E-state index < -0.39 is 12.1 Å². The monoisotopic (exact) mass is 489 g/mol. The van der Waals surface area contributed by atoms with E-state index >= 15 is 0 Å². The molecule has 12 heteroatoms. The largest absolute Gasteiger partial charge is 0.493 e. The quantitative estimate of drug-likeness (QED) is 0.341. The number of carbonyl (C=O) groups is 1. The van der Waals surface area contributed by atoms with Crippen LogP contribution in [0.5, 0.6) is 11.5 Å². The molecule has 0 saturated carbocycles. The summed E-state index contributed by atoms with van der Waals surface area (Å²) in [6.07, 6.45) is -4.35. The van der Waals surface area contributed by atoms with Crippen molar-refractivity contribution in [1.29, 1.82) is 0 Å². The number of anilines is 2. The molecule has 0 aliphatic heterocycles. The van der Waals surface area contributed by atoms with Gasteiger partial charge < -0.3 is 19.9 Å². The van der Waals surface area contributed by atoms with E-state index in [9.17, 15) is 13.2 Å². The lowest BCUT2D eigenvalue weighted by Crippen LogP contribution is -2.21. The number of hydrogen-bond acceptors (Lipinski definition) is 5. The highest BCUT2D eigenvalue weighted by atomic mass is 35.5. The number of hydrogen-bond donors (Lipinski definition) is 3. The molecule has 1 aromatic heterocycles. The minimum absolute atomic E-state index is 0.583. The van der Waals surface area contributed by atoms with Gasteiger partial charge in [-0.3, -0.25) is 5.10 Å². The fraction of sp³-hybridized carbons (Fsp3) is 0.200. The van der Waals surface area contributed by atoms with Crippen LogP contribution in [0.4, 0.5) is 24.7 Å². The van der Waals surface area contributed by atoms with Crippen molar-refractivity contribution < 1.29 is 32.5 Å². The summed E-state index contributed by atoms with van der Waals surface area (Å²) in [7, 11) is 3.26. The maximum Gasteiger partial charge on any atom is 0.490 e. The molecule has 1 aliphatic carbocycles. The summed E-state index contributed by atoms with van der Waals surface area (Å²) < 4.78 is 42.5. The maximum atomic E-state index is 10.6. The fourth-order valence-electron chi connectivity index (χ4n) is 3.07. The van der Waals surface area contributed by atoms with Crippen molar-refractivity contribution >= 4 is 40.7 Å². The van der Waals surface area contributed by atoms with E-state index in [-0.39, 0.29) is 0 Å². The van der Waals surface area contributed by atoms with E-state index in [1.165, 1.54) is 0 Å². The number of rotatable bonds is 4. The molecule has 3 aromatic rings. The second-order valence-corrected chi connectivity index (χ2v) is 7.36. The molecule has 0 unspecified atom stereocenters. The van der Waals surface area contributed by atoms with Crippen LogP contribution in [-0.2, 0) is 11.2 Å². The Morgan fingerprint density at radius 2 is 1.78 bits per heavy atom. The van der Waals surface area contributed by atoms with Crippen LogP contribution in [0, 0.1) is 0 Å². The van der Waals surface area contributed by atoms with E-state index in [4.69, 9.17) is 42.6 Å². The van der Waals surface area contributed by atoms with E-state index in [0.29, 0.717) is 21.5 Å². The lowest BCUT2D eigenvalue weighted by molar-refractivity contribution is -0.192. The molecule has 4 rings (SSSR count). The van der Waals surface area contributed by atoms with Crippen molar-refractivity contribution in [2.75, 3.05) is 19.5 Å². The Kier molecular flexibility index (Phi) is 6.75. The van der Waals surface area contributed by atoms with Gasteiger partial charge in [-0.25, -0.2) is 4.79 Å². The Morgan fingerprint density at radius 1 is 1.16 bits per heavy atom. The second kappa shape index (κ2) is 9.17. The SMILES string of the molecule is COc1cc2c(cc1OC)-c1[nH]nc(Nc3cc(Cl)ccc3Cl)c1C2.O=C(O)C(F)(F)F. The molecule has 3 N–H and O–H groups in total. The average molecular weight is 490 g/mol. The summed E-state index contributed by atoms with van der Waals surface area (Å²) >= 11 is 12.3. The number of halogens is 5. The molecule has 0 radical (unpaired) electrons. The van der Waals surface area contributed by atoms with Crippen LogP contribution in [0.1, 0.15) is 11.1 Å². The van der Waals surface area contributed by atoms with Crippen molar-refractivity contribution in [3.63, 3.8) is 0 Å². The van der Waals surface area contributed by atoms with E-state index in [2.05, 4.69) is 15.5 Å². The summed E-state index contributed by atoms with van der Waals surface area (Å²) in [5, 5.41) is 19.1. The molecule has 0 fully saturated rings. The Bertz CT molecular complexity index is 1170. The third-order valence-electron chi connectivity index (χ3n) is 4.54. The van der Waals surface area contributed by atoms with Crippen molar-refractivity contribution in [2.24, 2.45) is 0 Å². The molecule has 0 saturated heterocycles. The van der Waals surface area contributed by atoms with Gasteiger partial charge in [-0.2, -0.15) is 18.3 Å². The maximum absolute atomic E-state index is 10.6. The number of nitrogens with one attached hydrogen (secondary N) is 2. The second-order valence-electron chi connectivity index (χ2n) is 6.52. The minimum atomic E-state index is -5.08. The van der Waals surface area contributed by atoms with Gasteiger partial charge >= 0.3 is 12.1 Å². The molecule has 32 heavy (non-hydrogen) atoms. The summed E-state index contributed by atoms with van der Waals surface area (Å²) in [4.78, 5) is 8.90. The van der Waals surface area contributed by atoms with Gasteiger partial charge in [-0.1, -0.05) is 23.2 Å². The standard InChI is InChI=1S/C18H15Cl2N3O2.C2HF3O2/c1-24-15-6-9-5-12-17(11(9)8-16(15)25-2)22-23-18(12)21-14-7-10(19)3-4-13(14)20;3-2(4,5)1(6)7/h3-4,6-8H,5H2,1-2H3,(H2,21,22,23);(H,6,7). The van der Waals surface area contributed by atoms with Gasteiger partial charge in [0, 0.05) is 22.6 Å². The lowest BCUT2D eigenvalue weighted by Gasteiger charge is -2.10. The molecule has 1 heterocycles. The van der Waals surface area contributed by atoms with Crippen LogP contribution < -0.4 is 14.8 Å². The molecular weight excluding hydrogens is 474 g/mol. The van der Waals surface area contributed by atoms with Gasteiger partial charge in [-0.05, 0) is 35.9 Å². The zero-order valence-electron chi connectivity index (χ0n) is 16.6. The van der Waals surface area contributed by atoms with Gasteiger partial charge in [-0.15, -0.1) is 0 Å².